The normalized spacial score (nSPS) is 10.3. The highest BCUT2D eigenvalue weighted by molar-refractivity contribution is 6.05. The number of methoxy groups -OCH3 is 1. The van der Waals surface area contributed by atoms with Crippen LogP contribution in [0, 0.1) is 17.5 Å². The number of rotatable bonds is 3. The predicted octanol–water partition coefficient (Wildman–Crippen LogP) is 2.95. The summed E-state index contributed by atoms with van der Waals surface area (Å²) in [5, 5.41) is 2.34. The zero-order valence-electron chi connectivity index (χ0n) is 10.9. The summed E-state index contributed by atoms with van der Waals surface area (Å²) in [6, 6.07) is 4.83. The zero-order valence-corrected chi connectivity index (χ0v) is 10.9. The van der Waals surface area contributed by atoms with Gasteiger partial charge in [-0.15, -0.1) is 0 Å². The van der Waals surface area contributed by atoms with Crippen molar-refractivity contribution in [1.82, 2.24) is 0 Å². The van der Waals surface area contributed by atoms with Crippen LogP contribution in [0.5, 0.6) is 5.75 Å². The summed E-state index contributed by atoms with van der Waals surface area (Å²) in [6.45, 7) is 0. The van der Waals surface area contributed by atoms with Crippen LogP contribution >= 0.6 is 0 Å². The average molecular weight is 296 g/mol. The highest BCUT2D eigenvalue weighted by Crippen LogP contribution is 2.26. The molecule has 4 nitrogen and oxygen atoms in total. The number of hydrogen-bond donors (Lipinski definition) is 2. The van der Waals surface area contributed by atoms with E-state index in [1.807, 2.05) is 0 Å². The van der Waals surface area contributed by atoms with Gasteiger partial charge in [0.2, 0.25) is 0 Å². The van der Waals surface area contributed by atoms with Crippen LogP contribution in [-0.2, 0) is 0 Å². The van der Waals surface area contributed by atoms with E-state index < -0.39 is 28.9 Å². The van der Waals surface area contributed by atoms with E-state index in [0.29, 0.717) is 6.07 Å². The van der Waals surface area contributed by atoms with Crippen LogP contribution in [0.3, 0.4) is 0 Å². The molecule has 7 heteroatoms. The molecule has 0 aliphatic rings. The molecule has 0 aliphatic carbocycles. The molecule has 2 aromatic carbocycles. The number of carbonyl (C=O) groups excluding carboxylic acids is 1. The molecular formula is C14H11F3N2O2. The van der Waals surface area contributed by atoms with Gasteiger partial charge in [-0.05, 0) is 18.2 Å². The molecule has 0 bridgehead atoms. The monoisotopic (exact) mass is 296 g/mol. The molecule has 0 radical (unpaired) electrons. The Hall–Kier alpha value is -2.70. The van der Waals surface area contributed by atoms with Crippen LogP contribution in [0.15, 0.2) is 30.3 Å². The molecule has 21 heavy (non-hydrogen) atoms. The first-order valence-electron chi connectivity index (χ1n) is 5.81. The molecule has 0 unspecified atom stereocenters. The van der Waals surface area contributed by atoms with Crippen molar-refractivity contribution >= 4 is 17.3 Å². The van der Waals surface area contributed by atoms with Gasteiger partial charge in [0.05, 0.1) is 24.0 Å². The molecule has 0 spiro atoms. The van der Waals surface area contributed by atoms with E-state index in [9.17, 15) is 18.0 Å². The van der Waals surface area contributed by atoms with Crippen molar-refractivity contribution in [3.05, 3.63) is 53.3 Å². The van der Waals surface area contributed by atoms with E-state index in [0.717, 1.165) is 18.2 Å². The number of anilines is 2. The molecule has 2 rings (SSSR count). The molecule has 110 valence electrons. The Morgan fingerprint density at radius 3 is 2.52 bits per heavy atom. The second kappa shape index (κ2) is 5.74. The highest BCUT2D eigenvalue weighted by atomic mass is 19.1. The summed E-state index contributed by atoms with van der Waals surface area (Å²) in [4.78, 5) is 12.0. The second-order valence-corrected chi connectivity index (χ2v) is 4.15. The van der Waals surface area contributed by atoms with Gasteiger partial charge in [0.25, 0.3) is 5.91 Å². The number of hydrogen-bond acceptors (Lipinski definition) is 3. The standard InChI is InChI=1S/C14H11F3N2O2/c1-21-13-4-7(15)2-3-12(13)19-14(20)8-5-11(18)10(17)6-9(8)16/h2-6H,18H2,1H3,(H,19,20). The van der Waals surface area contributed by atoms with E-state index >= 15 is 0 Å². The number of nitrogens with one attached hydrogen (secondary N) is 1. The van der Waals surface area contributed by atoms with Crippen molar-refractivity contribution in [3.8, 4) is 5.75 Å². The first-order chi connectivity index (χ1) is 9.92. The van der Waals surface area contributed by atoms with Gasteiger partial charge >= 0.3 is 0 Å². The lowest BCUT2D eigenvalue weighted by Gasteiger charge is -2.11. The smallest absolute Gasteiger partial charge is 0.258 e. The number of halogens is 3. The van der Waals surface area contributed by atoms with Crippen molar-refractivity contribution in [2.24, 2.45) is 0 Å². The van der Waals surface area contributed by atoms with Gasteiger partial charge < -0.3 is 15.8 Å². The Morgan fingerprint density at radius 2 is 1.86 bits per heavy atom. The number of carbonyl (C=O) groups is 1. The van der Waals surface area contributed by atoms with Gasteiger partial charge in [-0.2, -0.15) is 0 Å². The van der Waals surface area contributed by atoms with Crippen molar-refractivity contribution in [3.63, 3.8) is 0 Å². The summed E-state index contributed by atoms with van der Waals surface area (Å²) >= 11 is 0. The Bertz CT molecular complexity index is 705. The summed E-state index contributed by atoms with van der Waals surface area (Å²) in [5.74, 6) is -3.35. The fraction of sp³-hybridized carbons (Fsp3) is 0.0714. The summed E-state index contributed by atoms with van der Waals surface area (Å²) < 4.78 is 44.6. The van der Waals surface area contributed by atoms with Crippen molar-refractivity contribution in [2.75, 3.05) is 18.2 Å². The summed E-state index contributed by atoms with van der Waals surface area (Å²) in [7, 11) is 1.29. The number of nitrogen functional groups attached to an aromatic ring is 1. The molecule has 0 saturated heterocycles. The first kappa shape index (κ1) is 14.7. The van der Waals surface area contributed by atoms with Crippen molar-refractivity contribution in [2.45, 2.75) is 0 Å². The van der Waals surface area contributed by atoms with Gasteiger partial charge in [-0.1, -0.05) is 0 Å². The number of benzene rings is 2. The molecule has 3 N–H and O–H groups in total. The molecule has 2 aromatic rings. The Balaban J connectivity index is 2.32. The predicted molar refractivity (Wildman–Crippen MR) is 71.7 cm³/mol. The molecule has 0 aromatic heterocycles. The largest absolute Gasteiger partial charge is 0.494 e. The number of ether oxygens (including phenoxy) is 1. The van der Waals surface area contributed by atoms with E-state index in [1.54, 1.807) is 0 Å². The van der Waals surface area contributed by atoms with Gasteiger partial charge in [0.15, 0.2) is 0 Å². The summed E-state index contributed by atoms with van der Waals surface area (Å²) in [5.41, 5.74) is 4.66. The van der Waals surface area contributed by atoms with Crippen LogP contribution < -0.4 is 15.8 Å². The zero-order chi connectivity index (χ0) is 15.6. The lowest BCUT2D eigenvalue weighted by atomic mass is 10.1. The fourth-order valence-electron chi connectivity index (χ4n) is 1.70. The lowest BCUT2D eigenvalue weighted by molar-refractivity contribution is 0.102. The Morgan fingerprint density at radius 1 is 1.14 bits per heavy atom. The van der Waals surface area contributed by atoms with Crippen LogP contribution in [0.2, 0.25) is 0 Å². The molecule has 0 fully saturated rings. The minimum Gasteiger partial charge on any atom is -0.494 e. The highest BCUT2D eigenvalue weighted by Gasteiger charge is 2.17. The molecule has 1 amide bonds. The third kappa shape index (κ3) is 3.07. The third-order valence-electron chi connectivity index (χ3n) is 2.74. The van der Waals surface area contributed by atoms with Crippen molar-refractivity contribution < 1.29 is 22.7 Å². The van der Waals surface area contributed by atoms with Gasteiger partial charge in [-0.25, -0.2) is 13.2 Å². The van der Waals surface area contributed by atoms with Gasteiger partial charge in [0.1, 0.15) is 23.2 Å². The molecule has 0 heterocycles. The topological polar surface area (TPSA) is 64.3 Å². The Kier molecular flexibility index (Phi) is 4.02. The fourth-order valence-corrected chi connectivity index (χ4v) is 1.70. The maximum absolute atomic E-state index is 13.6. The summed E-state index contributed by atoms with van der Waals surface area (Å²) in [6.07, 6.45) is 0. The van der Waals surface area contributed by atoms with E-state index in [2.05, 4.69) is 5.32 Å². The maximum atomic E-state index is 13.6. The van der Waals surface area contributed by atoms with Gasteiger partial charge in [-0.3, -0.25) is 4.79 Å². The van der Waals surface area contributed by atoms with E-state index in [4.69, 9.17) is 10.5 Å². The molecule has 0 atom stereocenters. The van der Waals surface area contributed by atoms with Crippen LogP contribution in [0.1, 0.15) is 10.4 Å². The minimum atomic E-state index is -1.06. The molecule has 0 aliphatic heterocycles. The molecule has 0 saturated carbocycles. The van der Waals surface area contributed by atoms with Crippen molar-refractivity contribution in [1.29, 1.82) is 0 Å². The maximum Gasteiger partial charge on any atom is 0.258 e. The van der Waals surface area contributed by atoms with Crippen LogP contribution in [-0.4, -0.2) is 13.0 Å². The second-order valence-electron chi connectivity index (χ2n) is 4.15. The number of nitrogens with two attached hydrogens (primary N) is 1. The third-order valence-corrected chi connectivity index (χ3v) is 2.74. The van der Waals surface area contributed by atoms with E-state index in [1.165, 1.54) is 13.2 Å². The van der Waals surface area contributed by atoms with Gasteiger partial charge in [0, 0.05) is 12.1 Å². The van der Waals surface area contributed by atoms with Crippen LogP contribution in [0.4, 0.5) is 24.5 Å². The SMILES string of the molecule is COc1cc(F)ccc1NC(=O)c1cc(N)c(F)cc1F. The quantitative estimate of drug-likeness (QED) is 0.856. The number of amides is 1. The molecular weight excluding hydrogens is 285 g/mol. The first-order valence-corrected chi connectivity index (χ1v) is 5.81. The minimum absolute atomic E-state index is 0.0684. The Labute approximate surface area is 118 Å². The van der Waals surface area contributed by atoms with Crippen LogP contribution in [0.25, 0.3) is 0 Å². The lowest BCUT2D eigenvalue weighted by Crippen LogP contribution is -2.15. The van der Waals surface area contributed by atoms with E-state index in [-0.39, 0.29) is 17.1 Å². The average Bonchev–Trinajstić information content (AvgIpc) is 2.44.